The third-order valence-corrected chi connectivity index (χ3v) is 13.9. The number of pyridine rings is 1. The molecule has 0 amide bonds. The average molecular weight is 795 g/mol. The van der Waals surface area contributed by atoms with Gasteiger partial charge >= 0.3 is 0 Å². The summed E-state index contributed by atoms with van der Waals surface area (Å²) in [5, 5.41) is 8.95. The summed E-state index contributed by atoms with van der Waals surface area (Å²) in [6, 6.07) is 71.4. The number of benzene rings is 9. The second-order valence-electron chi connectivity index (χ2n) is 17.6. The van der Waals surface area contributed by atoms with Crippen molar-refractivity contribution in [2.45, 2.75) is 31.7 Å². The van der Waals surface area contributed by atoms with Gasteiger partial charge in [0.1, 0.15) is 11.5 Å². The average Bonchev–Trinajstić information content (AvgIpc) is 3.65. The van der Waals surface area contributed by atoms with E-state index in [1.165, 1.54) is 93.0 Å². The molecule has 3 nitrogen and oxygen atoms in total. The van der Waals surface area contributed by atoms with Crippen LogP contribution in [0.4, 0.5) is 11.4 Å². The van der Waals surface area contributed by atoms with E-state index in [9.17, 15) is 0 Å². The van der Waals surface area contributed by atoms with Crippen molar-refractivity contribution in [1.82, 2.24) is 4.40 Å². The van der Waals surface area contributed by atoms with Gasteiger partial charge in [0, 0.05) is 55.5 Å². The van der Waals surface area contributed by atoms with Crippen LogP contribution in [0.5, 0.6) is 11.5 Å². The Balaban J connectivity index is 1.10. The lowest BCUT2D eigenvalue weighted by molar-refractivity contribution is 0.418. The van der Waals surface area contributed by atoms with Crippen LogP contribution in [-0.2, 0) is 11.8 Å². The van der Waals surface area contributed by atoms with Gasteiger partial charge in [0.15, 0.2) is 0 Å². The molecular formula is C59H42N2O. The molecule has 0 saturated carbocycles. The Labute approximate surface area is 360 Å². The van der Waals surface area contributed by atoms with Gasteiger partial charge in [-0.3, -0.25) is 0 Å². The van der Waals surface area contributed by atoms with E-state index in [0.29, 0.717) is 0 Å². The van der Waals surface area contributed by atoms with Crippen molar-refractivity contribution < 1.29 is 4.74 Å². The first-order chi connectivity index (χ1) is 30.5. The van der Waals surface area contributed by atoms with Crippen molar-refractivity contribution in [3.8, 4) is 33.8 Å². The molecule has 1 atom stereocenters. The van der Waals surface area contributed by atoms with Gasteiger partial charge in [-0.05, 0) is 86.6 Å². The van der Waals surface area contributed by atoms with Gasteiger partial charge in [0.2, 0.25) is 0 Å². The predicted molar refractivity (Wildman–Crippen MR) is 259 cm³/mol. The van der Waals surface area contributed by atoms with Crippen LogP contribution in [-0.4, -0.2) is 10.4 Å². The number of hydrogen-bond donors (Lipinski definition) is 0. The van der Waals surface area contributed by atoms with E-state index in [1.54, 1.807) is 0 Å². The number of rotatable bonds is 5. The van der Waals surface area contributed by atoms with E-state index in [2.05, 4.69) is 223 Å². The zero-order valence-corrected chi connectivity index (χ0v) is 34.6. The summed E-state index contributed by atoms with van der Waals surface area (Å²) in [7, 11) is 0. The van der Waals surface area contributed by atoms with Crippen LogP contribution in [0.1, 0.15) is 30.5 Å². The summed E-state index contributed by atoms with van der Waals surface area (Å²) in [5.41, 5.74) is 14.4. The molecule has 1 unspecified atom stereocenters. The Hall–Kier alpha value is -7.62. The maximum absolute atomic E-state index is 6.86. The van der Waals surface area contributed by atoms with Crippen LogP contribution in [0.2, 0.25) is 0 Å². The molecular weight excluding hydrogens is 753 g/mol. The van der Waals surface area contributed by atoms with Crippen molar-refractivity contribution in [3.63, 3.8) is 0 Å². The maximum Gasteiger partial charge on any atom is 0.133 e. The second-order valence-corrected chi connectivity index (χ2v) is 17.6. The predicted octanol–water partition coefficient (Wildman–Crippen LogP) is 14.6. The summed E-state index contributed by atoms with van der Waals surface area (Å²) in [5.74, 6) is 1.83. The van der Waals surface area contributed by atoms with Crippen LogP contribution in [0.3, 0.4) is 0 Å². The normalized spacial score (nSPS) is 15.1. The summed E-state index contributed by atoms with van der Waals surface area (Å²) in [6.07, 6.45) is 3.39. The quantitative estimate of drug-likeness (QED) is 0.173. The molecule has 0 fully saturated rings. The number of nitrogens with zero attached hydrogens (tertiary/aromatic N) is 2. The zero-order chi connectivity index (χ0) is 41.1. The van der Waals surface area contributed by atoms with E-state index in [0.717, 1.165) is 29.3 Å². The molecule has 1 aliphatic carbocycles. The van der Waals surface area contributed by atoms with Crippen LogP contribution in [0.25, 0.3) is 77.2 Å². The lowest BCUT2D eigenvalue weighted by Crippen LogP contribution is -2.36. The van der Waals surface area contributed by atoms with Crippen molar-refractivity contribution in [2.24, 2.45) is 0 Å². The molecule has 3 heteroatoms. The molecule has 0 saturated heterocycles. The Morgan fingerprint density at radius 3 is 2.13 bits per heavy atom. The van der Waals surface area contributed by atoms with Gasteiger partial charge in [-0.1, -0.05) is 172 Å². The SMILES string of the molecule is CC1(C)c2ccccc2Oc2cc(N(c3ccc(-c4cccc5ccccc45)cc3-c3ccccc3)C3C=c4c5cccc6cccc(c65)n5c4c(c4ccccc45)C3)ccc21. The van der Waals surface area contributed by atoms with Crippen LogP contribution in [0, 0.1) is 0 Å². The topological polar surface area (TPSA) is 16.9 Å². The third-order valence-electron chi connectivity index (χ3n) is 13.9. The zero-order valence-electron chi connectivity index (χ0n) is 34.6. The lowest BCUT2D eigenvalue weighted by Gasteiger charge is -2.38. The molecule has 3 heterocycles. The van der Waals surface area contributed by atoms with Crippen molar-refractivity contribution in [2.75, 3.05) is 4.90 Å². The highest BCUT2D eigenvalue weighted by atomic mass is 16.5. The van der Waals surface area contributed by atoms with Gasteiger partial charge in [-0.2, -0.15) is 0 Å². The number of ether oxygens (including phenoxy) is 1. The largest absolute Gasteiger partial charge is 0.457 e. The Morgan fingerprint density at radius 2 is 1.23 bits per heavy atom. The molecule has 0 radical (unpaired) electrons. The first-order valence-corrected chi connectivity index (χ1v) is 21.8. The molecule has 0 bridgehead atoms. The minimum atomic E-state index is -0.222. The van der Waals surface area contributed by atoms with Crippen LogP contribution in [0.15, 0.2) is 194 Å². The molecule has 2 aliphatic rings. The second kappa shape index (κ2) is 13.2. The first kappa shape index (κ1) is 35.2. The van der Waals surface area contributed by atoms with Crippen molar-refractivity contribution in [3.05, 3.63) is 216 Å². The third kappa shape index (κ3) is 5.06. The highest BCUT2D eigenvalue weighted by Gasteiger charge is 2.36. The standard InChI is InChI=1S/C59H42N2O/c1-59(2)50-25-9-11-28-55(50)62-56-36-41(30-31-51(56)59)60(53-32-29-40(33-47(53)38-15-4-3-5-16-38)44-23-12-18-37-17-6-7-21-43(37)44)42-34-48-45-22-8-10-26-52(45)61-54-27-14-20-39-19-13-24-46(57(39)54)49(35-42)58(48)61/h3-33,35-36,42H,34H2,1-2H3. The highest BCUT2D eigenvalue weighted by molar-refractivity contribution is 6.14. The number of fused-ring (bicyclic) bond motifs is 8. The number of hydrogen-bond acceptors (Lipinski definition) is 2. The van der Waals surface area contributed by atoms with Gasteiger partial charge < -0.3 is 14.0 Å². The molecule has 9 aromatic carbocycles. The molecule has 0 spiro atoms. The van der Waals surface area contributed by atoms with Crippen molar-refractivity contribution in [1.29, 1.82) is 0 Å². The van der Waals surface area contributed by atoms with E-state index < -0.39 is 0 Å². The van der Waals surface area contributed by atoms with E-state index >= 15 is 0 Å². The summed E-state index contributed by atoms with van der Waals surface area (Å²) < 4.78 is 9.40. The molecule has 11 aromatic rings. The fourth-order valence-electron chi connectivity index (χ4n) is 11.0. The Morgan fingerprint density at radius 1 is 0.532 bits per heavy atom. The Bertz CT molecular complexity index is 3680. The Kier molecular flexibility index (Phi) is 7.48. The van der Waals surface area contributed by atoms with Crippen LogP contribution >= 0.6 is 0 Å². The molecule has 2 aromatic heterocycles. The monoisotopic (exact) mass is 794 g/mol. The molecule has 13 rings (SSSR count). The van der Waals surface area contributed by atoms with Crippen molar-refractivity contribution >= 4 is 66.3 Å². The highest BCUT2D eigenvalue weighted by Crippen LogP contribution is 2.51. The van der Waals surface area contributed by atoms with E-state index in [4.69, 9.17) is 4.74 Å². The molecule has 0 N–H and O–H groups in total. The fraction of sp³-hybridized carbons (Fsp3) is 0.0847. The minimum absolute atomic E-state index is 0.0370. The van der Waals surface area contributed by atoms with E-state index in [1.807, 2.05) is 0 Å². The fourth-order valence-corrected chi connectivity index (χ4v) is 11.0. The van der Waals surface area contributed by atoms with Gasteiger partial charge in [-0.25, -0.2) is 0 Å². The maximum atomic E-state index is 6.86. The summed E-state index contributed by atoms with van der Waals surface area (Å²) >= 11 is 0. The molecule has 294 valence electrons. The van der Waals surface area contributed by atoms with E-state index in [-0.39, 0.29) is 11.5 Å². The van der Waals surface area contributed by atoms with Crippen LogP contribution < -0.4 is 14.9 Å². The summed E-state index contributed by atoms with van der Waals surface area (Å²) in [6.45, 7) is 4.63. The first-order valence-electron chi connectivity index (χ1n) is 21.8. The molecule has 62 heavy (non-hydrogen) atoms. The number of aromatic nitrogens is 1. The number of anilines is 2. The van der Waals surface area contributed by atoms with Gasteiger partial charge in [0.25, 0.3) is 0 Å². The molecule has 1 aliphatic heterocycles. The van der Waals surface area contributed by atoms with Gasteiger partial charge in [-0.15, -0.1) is 0 Å². The smallest absolute Gasteiger partial charge is 0.133 e. The van der Waals surface area contributed by atoms with Gasteiger partial charge in [0.05, 0.1) is 22.6 Å². The summed E-state index contributed by atoms with van der Waals surface area (Å²) in [4.78, 5) is 2.61. The minimum Gasteiger partial charge on any atom is -0.457 e. The number of para-hydroxylation sites is 2. The lowest BCUT2D eigenvalue weighted by atomic mass is 9.75.